The van der Waals surface area contributed by atoms with Gasteiger partial charge in [0.1, 0.15) is 6.10 Å². The molecule has 5 heteroatoms. The molecule has 1 saturated carbocycles. The third-order valence-electron chi connectivity index (χ3n) is 4.08. The first-order chi connectivity index (χ1) is 8.72. The SMILES string of the molecule is CN(C)N1CC2(CCC(OC(=O)C(C)(C)C)CC2)N1. The molecule has 0 aromatic rings. The first-order valence-corrected chi connectivity index (χ1v) is 7.16. The average molecular weight is 269 g/mol. The molecule has 0 amide bonds. The number of ether oxygens (including phenoxy) is 1. The highest BCUT2D eigenvalue weighted by Crippen LogP contribution is 2.36. The van der Waals surface area contributed by atoms with Gasteiger partial charge in [-0.2, -0.15) is 5.12 Å². The van der Waals surface area contributed by atoms with Crippen LogP contribution in [0, 0.1) is 5.41 Å². The van der Waals surface area contributed by atoms with Crippen molar-refractivity contribution in [3.05, 3.63) is 0 Å². The molecule has 5 nitrogen and oxygen atoms in total. The van der Waals surface area contributed by atoms with Gasteiger partial charge in [0, 0.05) is 26.2 Å². The van der Waals surface area contributed by atoms with Crippen LogP contribution in [0.3, 0.4) is 0 Å². The average Bonchev–Trinajstić information content (AvgIpc) is 2.25. The van der Waals surface area contributed by atoms with Gasteiger partial charge in [-0.05, 0) is 46.5 Å². The van der Waals surface area contributed by atoms with Crippen LogP contribution in [0.4, 0.5) is 0 Å². The molecule has 0 aromatic heterocycles. The molecule has 2 aliphatic rings. The monoisotopic (exact) mass is 269 g/mol. The molecule has 110 valence electrons. The van der Waals surface area contributed by atoms with Crippen molar-refractivity contribution < 1.29 is 9.53 Å². The van der Waals surface area contributed by atoms with E-state index in [1.165, 1.54) is 0 Å². The number of rotatable bonds is 2. The van der Waals surface area contributed by atoms with Crippen LogP contribution in [0.2, 0.25) is 0 Å². The second kappa shape index (κ2) is 5.04. The van der Waals surface area contributed by atoms with Crippen LogP contribution in [0.1, 0.15) is 46.5 Å². The number of hydrogen-bond donors (Lipinski definition) is 1. The van der Waals surface area contributed by atoms with Crippen LogP contribution in [0.5, 0.6) is 0 Å². The van der Waals surface area contributed by atoms with E-state index in [2.05, 4.69) is 15.6 Å². The van der Waals surface area contributed by atoms with E-state index in [9.17, 15) is 4.79 Å². The molecule has 0 unspecified atom stereocenters. The molecule has 2 fully saturated rings. The van der Waals surface area contributed by atoms with Gasteiger partial charge in [-0.15, -0.1) is 0 Å². The highest BCUT2D eigenvalue weighted by atomic mass is 16.5. The lowest BCUT2D eigenvalue weighted by Gasteiger charge is -2.55. The Morgan fingerprint density at radius 3 is 2.26 bits per heavy atom. The number of carbonyl (C=O) groups excluding carboxylic acids is 1. The van der Waals surface area contributed by atoms with Crippen LogP contribution < -0.4 is 5.43 Å². The van der Waals surface area contributed by atoms with E-state index >= 15 is 0 Å². The fourth-order valence-electron chi connectivity index (χ4n) is 2.65. The highest BCUT2D eigenvalue weighted by Gasteiger charge is 2.46. The van der Waals surface area contributed by atoms with Gasteiger partial charge < -0.3 is 4.74 Å². The molecule has 1 aliphatic heterocycles. The number of esters is 1. The summed E-state index contributed by atoms with van der Waals surface area (Å²) >= 11 is 0. The van der Waals surface area contributed by atoms with Crippen molar-refractivity contribution >= 4 is 5.97 Å². The minimum atomic E-state index is -0.397. The summed E-state index contributed by atoms with van der Waals surface area (Å²) in [5, 5.41) is 4.19. The van der Waals surface area contributed by atoms with Gasteiger partial charge in [-0.25, -0.2) is 10.4 Å². The summed E-state index contributed by atoms with van der Waals surface area (Å²) in [6.07, 6.45) is 4.21. The lowest BCUT2D eigenvalue weighted by Crippen LogP contribution is -2.75. The van der Waals surface area contributed by atoms with Gasteiger partial charge in [0.05, 0.1) is 5.41 Å². The van der Waals surface area contributed by atoms with Gasteiger partial charge in [0.15, 0.2) is 0 Å². The summed E-state index contributed by atoms with van der Waals surface area (Å²) in [4.78, 5) is 11.9. The Morgan fingerprint density at radius 1 is 1.32 bits per heavy atom. The van der Waals surface area contributed by atoms with Crippen molar-refractivity contribution in [1.29, 1.82) is 0 Å². The predicted octanol–water partition coefficient (Wildman–Crippen LogP) is 1.55. The molecule has 0 radical (unpaired) electrons. The zero-order chi connectivity index (χ0) is 14.3. The number of nitrogens with zero attached hydrogens (tertiary/aromatic N) is 2. The minimum Gasteiger partial charge on any atom is -0.462 e. The van der Waals surface area contributed by atoms with Crippen LogP contribution in [0.15, 0.2) is 0 Å². The zero-order valence-electron chi connectivity index (χ0n) is 12.8. The lowest BCUT2D eigenvalue weighted by molar-refractivity contribution is -0.184. The van der Waals surface area contributed by atoms with Crippen LogP contribution in [-0.2, 0) is 9.53 Å². The first kappa shape index (κ1) is 14.8. The molecule has 19 heavy (non-hydrogen) atoms. The fourth-order valence-corrected chi connectivity index (χ4v) is 2.65. The molecule has 0 aromatic carbocycles. The maximum absolute atomic E-state index is 11.9. The third kappa shape index (κ3) is 3.27. The lowest BCUT2D eigenvalue weighted by atomic mass is 9.78. The molecule has 1 N–H and O–H groups in total. The topological polar surface area (TPSA) is 44.8 Å². The normalized spacial score (nSPS) is 32.4. The third-order valence-corrected chi connectivity index (χ3v) is 4.08. The van der Waals surface area contributed by atoms with E-state index in [1.54, 1.807) is 0 Å². The van der Waals surface area contributed by atoms with Crippen molar-refractivity contribution in [2.75, 3.05) is 20.6 Å². The van der Waals surface area contributed by atoms with Crippen molar-refractivity contribution in [1.82, 2.24) is 15.6 Å². The molecular formula is C14H27N3O2. The highest BCUT2D eigenvalue weighted by molar-refractivity contribution is 5.75. The number of carbonyl (C=O) groups is 1. The predicted molar refractivity (Wildman–Crippen MR) is 74.1 cm³/mol. The molecule has 1 spiro atoms. The van der Waals surface area contributed by atoms with Gasteiger partial charge in [0.25, 0.3) is 0 Å². The van der Waals surface area contributed by atoms with Crippen molar-refractivity contribution in [2.45, 2.75) is 58.1 Å². The maximum Gasteiger partial charge on any atom is 0.311 e. The number of hydrazine groups is 2. The van der Waals surface area contributed by atoms with Crippen LogP contribution >= 0.6 is 0 Å². The molecule has 1 saturated heterocycles. The Bertz CT molecular complexity index is 333. The second-order valence-corrected chi connectivity index (χ2v) is 7.15. The second-order valence-electron chi connectivity index (χ2n) is 7.15. The zero-order valence-corrected chi connectivity index (χ0v) is 12.8. The Morgan fingerprint density at radius 2 is 1.84 bits per heavy atom. The number of hydrogen-bond acceptors (Lipinski definition) is 5. The van der Waals surface area contributed by atoms with Gasteiger partial charge in [-0.3, -0.25) is 4.79 Å². The standard InChI is InChI=1S/C14H27N3O2/c1-13(2,3)12(18)19-11-6-8-14(9-7-11)10-17(15-14)16(4)5/h11,15H,6-10H2,1-5H3. The fraction of sp³-hybridized carbons (Fsp3) is 0.929. The summed E-state index contributed by atoms with van der Waals surface area (Å²) in [6, 6.07) is 0. The van der Waals surface area contributed by atoms with Crippen molar-refractivity contribution in [3.63, 3.8) is 0 Å². The summed E-state index contributed by atoms with van der Waals surface area (Å²) in [7, 11) is 4.08. The molecule has 2 rings (SSSR count). The largest absolute Gasteiger partial charge is 0.462 e. The van der Waals surface area contributed by atoms with E-state index in [1.807, 2.05) is 34.9 Å². The summed E-state index contributed by atoms with van der Waals surface area (Å²) in [6.45, 7) is 6.77. The molecular weight excluding hydrogens is 242 g/mol. The van der Waals surface area contributed by atoms with Crippen LogP contribution in [-0.4, -0.2) is 48.4 Å². The van der Waals surface area contributed by atoms with Gasteiger partial charge in [-0.1, -0.05) is 0 Å². The van der Waals surface area contributed by atoms with Gasteiger partial charge >= 0.3 is 5.97 Å². The van der Waals surface area contributed by atoms with E-state index in [-0.39, 0.29) is 17.6 Å². The van der Waals surface area contributed by atoms with E-state index < -0.39 is 5.41 Å². The number of nitrogens with one attached hydrogen (secondary N) is 1. The van der Waals surface area contributed by atoms with Gasteiger partial charge in [0.2, 0.25) is 0 Å². The Hall–Kier alpha value is -0.650. The molecule has 1 aliphatic carbocycles. The summed E-state index contributed by atoms with van der Waals surface area (Å²) in [5.74, 6) is -0.0788. The summed E-state index contributed by atoms with van der Waals surface area (Å²) in [5.41, 5.74) is 3.37. The molecule has 1 heterocycles. The van der Waals surface area contributed by atoms with Crippen LogP contribution in [0.25, 0.3) is 0 Å². The Labute approximate surface area is 116 Å². The first-order valence-electron chi connectivity index (χ1n) is 7.16. The van der Waals surface area contributed by atoms with Crippen molar-refractivity contribution in [2.24, 2.45) is 5.41 Å². The summed E-state index contributed by atoms with van der Waals surface area (Å²) < 4.78 is 5.60. The minimum absolute atomic E-state index is 0.0788. The molecule has 0 atom stereocenters. The molecule has 0 bridgehead atoms. The Balaban J connectivity index is 1.77. The smallest absolute Gasteiger partial charge is 0.311 e. The Kier molecular flexibility index (Phi) is 3.91. The van der Waals surface area contributed by atoms with E-state index in [0.717, 1.165) is 32.2 Å². The quantitative estimate of drug-likeness (QED) is 0.771. The van der Waals surface area contributed by atoms with Crippen molar-refractivity contribution in [3.8, 4) is 0 Å². The maximum atomic E-state index is 11.9. The van der Waals surface area contributed by atoms with E-state index in [4.69, 9.17) is 4.74 Å². The van der Waals surface area contributed by atoms with E-state index in [0.29, 0.717) is 0 Å².